The van der Waals surface area contributed by atoms with E-state index in [0.29, 0.717) is 17.1 Å². The molecule has 2 aromatic rings. The summed E-state index contributed by atoms with van der Waals surface area (Å²) in [6.07, 6.45) is -4.49. The van der Waals surface area contributed by atoms with E-state index in [9.17, 15) is 13.2 Å². The molecule has 21 heavy (non-hydrogen) atoms. The SMILES string of the molecule is COc1ccc(C)cc1Nc1ccc(N)c(C(F)(F)F)c1. The van der Waals surface area contributed by atoms with Crippen molar-refractivity contribution in [3.8, 4) is 5.75 Å². The van der Waals surface area contributed by atoms with Crippen LogP contribution in [0.2, 0.25) is 0 Å². The normalized spacial score (nSPS) is 11.3. The maximum Gasteiger partial charge on any atom is 0.418 e. The number of nitrogens with two attached hydrogens (primary N) is 1. The second-order valence-electron chi connectivity index (χ2n) is 4.63. The molecule has 112 valence electrons. The first kappa shape index (κ1) is 15.0. The van der Waals surface area contributed by atoms with E-state index in [1.165, 1.54) is 19.2 Å². The Morgan fingerprint density at radius 2 is 1.81 bits per heavy atom. The van der Waals surface area contributed by atoms with Crippen molar-refractivity contribution in [3.05, 3.63) is 47.5 Å². The standard InChI is InChI=1S/C15H15F3N2O/c1-9-3-6-14(21-2)13(7-9)20-10-4-5-12(19)11(8-10)15(16,17)18/h3-8,20H,19H2,1-2H3. The second-order valence-corrected chi connectivity index (χ2v) is 4.63. The summed E-state index contributed by atoms with van der Waals surface area (Å²) in [7, 11) is 1.50. The number of alkyl halides is 3. The van der Waals surface area contributed by atoms with Crippen molar-refractivity contribution in [2.24, 2.45) is 0 Å². The molecule has 3 N–H and O–H groups in total. The van der Waals surface area contributed by atoms with Gasteiger partial charge in [0.15, 0.2) is 0 Å². The number of methoxy groups -OCH3 is 1. The van der Waals surface area contributed by atoms with Crippen LogP contribution in [0.1, 0.15) is 11.1 Å². The van der Waals surface area contributed by atoms with Crippen molar-refractivity contribution < 1.29 is 17.9 Å². The number of benzene rings is 2. The van der Waals surface area contributed by atoms with Gasteiger partial charge < -0.3 is 15.8 Å². The monoisotopic (exact) mass is 296 g/mol. The first-order chi connectivity index (χ1) is 9.81. The number of hydrogen-bond donors (Lipinski definition) is 2. The number of nitrogen functional groups attached to an aromatic ring is 1. The minimum atomic E-state index is -4.49. The van der Waals surface area contributed by atoms with E-state index in [1.807, 2.05) is 13.0 Å². The Kier molecular flexibility index (Phi) is 3.97. The summed E-state index contributed by atoms with van der Waals surface area (Å²) in [6.45, 7) is 1.88. The Morgan fingerprint density at radius 1 is 1.10 bits per heavy atom. The zero-order chi connectivity index (χ0) is 15.6. The molecular formula is C15H15F3N2O. The first-order valence-corrected chi connectivity index (χ1v) is 6.19. The predicted octanol–water partition coefficient (Wildman–Crippen LogP) is 4.35. The van der Waals surface area contributed by atoms with Crippen LogP contribution in [0.3, 0.4) is 0 Å². The highest BCUT2D eigenvalue weighted by molar-refractivity contribution is 5.69. The van der Waals surface area contributed by atoms with Gasteiger partial charge >= 0.3 is 6.18 Å². The fourth-order valence-corrected chi connectivity index (χ4v) is 1.95. The van der Waals surface area contributed by atoms with Crippen LogP contribution in [-0.2, 0) is 6.18 Å². The summed E-state index contributed by atoms with van der Waals surface area (Å²) >= 11 is 0. The fourth-order valence-electron chi connectivity index (χ4n) is 1.95. The van der Waals surface area contributed by atoms with E-state index in [0.717, 1.165) is 11.6 Å². The first-order valence-electron chi connectivity index (χ1n) is 6.19. The lowest BCUT2D eigenvalue weighted by atomic mass is 10.1. The van der Waals surface area contributed by atoms with Crippen molar-refractivity contribution in [2.75, 3.05) is 18.2 Å². The topological polar surface area (TPSA) is 47.3 Å². The molecule has 0 aliphatic carbocycles. The molecule has 2 rings (SSSR count). The van der Waals surface area contributed by atoms with Gasteiger partial charge in [0.1, 0.15) is 5.75 Å². The lowest BCUT2D eigenvalue weighted by Gasteiger charge is -2.15. The molecule has 0 unspecified atom stereocenters. The van der Waals surface area contributed by atoms with Gasteiger partial charge in [0.25, 0.3) is 0 Å². The fraction of sp³-hybridized carbons (Fsp3) is 0.200. The molecule has 0 radical (unpaired) electrons. The van der Waals surface area contributed by atoms with Crippen LogP contribution < -0.4 is 15.8 Å². The van der Waals surface area contributed by atoms with Gasteiger partial charge in [-0.05, 0) is 42.8 Å². The second kappa shape index (κ2) is 5.55. The Hall–Kier alpha value is -2.37. The van der Waals surface area contributed by atoms with Gasteiger partial charge in [0.05, 0.1) is 18.4 Å². The van der Waals surface area contributed by atoms with E-state index in [1.54, 1.807) is 12.1 Å². The molecule has 0 bridgehead atoms. The zero-order valence-electron chi connectivity index (χ0n) is 11.6. The molecule has 0 heterocycles. The highest BCUT2D eigenvalue weighted by Gasteiger charge is 2.33. The smallest absolute Gasteiger partial charge is 0.418 e. The highest BCUT2D eigenvalue weighted by Crippen LogP contribution is 2.36. The summed E-state index contributed by atoms with van der Waals surface area (Å²) in [4.78, 5) is 0. The molecular weight excluding hydrogens is 281 g/mol. The van der Waals surface area contributed by atoms with E-state index < -0.39 is 11.7 Å². The third-order valence-corrected chi connectivity index (χ3v) is 2.99. The molecule has 2 aromatic carbocycles. The van der Waals surface area contributed by atoms with E-state index in [2.05, 4.69) is 5.32 Å². The van der Waals surface area contributed by atoms with Crippen LogP contribution in [0, 0.1) is 6.92 Å². The number of ether oxygens (including phenoxy) is 1. The molecule has 6 heteroatoms. The van der Waals surface area contributed by atoms with Crippen LogP contribution >= 0.6 is 0 Å². The number of nitrogens with one attached hydrogen (secondary N) is 1. The third kappa shape index (κ3) is 3.39. The molecule has 3 nitrogen and oxygen atoms in total. The van der Waals surface area contributed by atoms with Crippen molar-refractivity contribution in [1.82, 2.24) is 0 Å². The Morgan fingerprint density at radius 3 is 2.43 bits per heavy atom. The van der Waals surface area contributed by atoms with Gasteiger partial charge in [-0.15, -0.1) is 0 Å². The lowest BCUT2D eigenvalue weighted by Crippen LogP contribution is -2.09. The largest absolute Gasteiger partial charge is 0.495 e. The molecule has 0 saturated carbocycles. The Bertz CT molecular complexity index is 654. The van der Waals surface area contributed by atoms with Crippen LogP contribution in [0.5, 0.6) is 5.75 Å². The molecule has 0 fully saturated rings. The van der Waals surface area contributed by atoms with Crippen LogP contribution in [0.15, 0.2) is 36.4 Å². The van der Waals surface area contributed by atoms with Crippen LogP contribution in [0.25, 0.3) is 0 Å². The minimum absolute atomic E-state index is 0.292. The Labute approximate surface area is 120 Å². The van der Waals surface area contributed by atoms with Gasteiger partial charge in [0, 0.05) is 11.4 Å². The number of anilines is 3. The van der Waals surface area contributed by atoms with Gasteiger partial charge in [-0.2, -0.15) is 13.2 Å². The van der Waals surface area contributed by atoms with Crippen molar-refractivity contribution in [1.29, 1.82) is 0 Å². The highest BCUT2D eigenvalue weighted by atomic mass is 19.4. The van der Waals surface area contributed by atoms with E-state index in [-0.39, 0.29) is 5.69 Å². The third-order valence-electron chi connectivity index (χ3n) is 2.99. The molecule has 0 aliphatic heterocycles. The quantitative estimate of drug-likeness (QED) is 0.828. The molecule has 0 aromatic heterocycles. The molecule has 0 spiro atoms. The lowest BCUT2D eigenvalue weighted by molar-refractivity contribution is -0.136. The van der Waals surface area contributed by atoms with E-state index in [4.69, 9.17) is 10.5 Å². The van der Waals surface area contributed by atoms with Crippen LogP contribution in [-0.4, -0.2) is 7.11 Å². The molecule has 0 saturated heterocycles. The van der Waals surface area contributed by atoms with Crippen molar-refractivity contribution in [3.63, 3.8) is 0 Å². The maximum absolute atomic E-state index is 12.8. The zero-order valence-corrected chi connectivity index (χ0v) is 11.6. The number of hydrogen-bond acceptors (Lipinski definition) is 3. The Balaban J connectivity index is 2.39. The van der Waals surface area contributed by atoms with Crippen LogP contribution in [0.4, 0.5) is 30.2 Å². The van der Waals surface area contributed by atoms with Gasteiger partial charge in [-0.3, -0.25) is 0 Å². The summed E-state index contributed by atoms with van der Waals surface area (Å²) in [5, 5.41) is 2.92. The summed E-state index contributed by atoms with van der Waals surface area (Å²) in [5.74, 6) is 0.547. The van der Waals surface area contributed by atoms with Crippen molar-refractivity contribution >= 4 is 17.1 Å². The molecule has 0 atom stereocenters. The summed E-state index contributed by atoms with van der Waals surface area (Å²) < 4.78 is 43.7. The molecule has 0 amide bonds. The average molecular weight is 296 g/mol. The number of rotatable bonds is 3. The predicted molar refractivity (Wildman–Crippen MR) is 76.9 cm³/mol. The van der Waals surface area contributed by atoms with Crippen molar-refractivity contribution in [2.45, 2.75) is 13.1 Å². The minimum Gasteiger partial charge on any atom is -0.495 e. The maximum atomic E-state index is 12.8. The average Bonchev–Trinajstić information content (AvgIpc) is 2.40. The van der Waals surface area contributed by atoms with Gasteiger partial charge in [-0.25, -0.2) is 0 Å². The summed E-state index contributed by atoms with van der Waals surface area (Å²) in [6, 6.07) is 9.10. The number of halogens is 3. The molecule has 0 aliphatic rings. The van der Waals surface area contributed by atoms with E-state index >= 15 is 0 Å². The summed E-state index contributed by atoms with van der Waals surface area (Å²) in [5.41, 5.74) is 6.06. The van der Waals surface area contributed by atoms with Gasteiger partial charge in [-0.1, -0.05) is 6.07 Å². The number of aryl methyl sites for hydroxylation is 1. The van der Waals surface area contributed by atoms with Gasteiger partial charge in [0.2, 0.25) is 0 Å².